The van der Waals surface area contributed by atoms with E-state index in [9.17, 15) is 9.59 Å². The molecular formula is C19H19BrN2O2. The van der Waals surface area contributed by atoms with Crippen molar-refractivity contribution in [3.05, 3.63) is 58.6 Å². The molecule has 4 nitrogen and oxygen atoms in total. The minimum absolute atomic E-state index is 0.0567. The first-order chi connectivity index (χ1) is 11.6. The first kappa shape index (κ1) is 16.7. The summed E-state index contributed by atoms with van der Waals surface area (Å²) in [4.78, 5) is 28.1. The second-order valence-corrected chi connectivity index (χ2v) is 6.74. The molecule has 0 bridgehead atoms. The third-order valence-corrected chi connectivity index (χ3v) is 4.73. The molecule has 24 heavy (non-hydrogen) atoms. The topological polar surface area (TPSA) is 40.6 Å². The molecule has 5 heteroatoms. The molecule has 3 rings (SSSR count). The summed E-state index contributed by atoms with van der Waals surface area (Å²) in [6, 6.07) is 15.6. The van der Waals surface area contributed by atoms with Gasteiger partial charge in [0.2, 0.25) is 11.8 Å². The Kier molecular flexibility index (Phi) is 5.00. The van der Waals surface area contributed by atoms with Crippen LogP contribution in [0.4, 0.5) is 11.4 Å². The van der Waals surface area contributed by atoms with Crippen LogP contribution in [0.5, 0.6) is 0 Å². The van der Waals surface area contributed by atoms with E-state index in [1.54, 1.807) is 4.90 Å². The van der Waals surface area contributed by atoms with Gasteiger partial charge in [-0.05, 0) is 36.2 Å². The number of benzene rings is 2. The quantitative estimate of drug-likeness (QED) is 0.801. The number of hydrogen-bond donors (Lipinski definition) is 0. The van der Waals surface area contributed by atoms with Crippen molar-refractivity contribution in [2.24, 2.45) is 0 Å². The number of halogens is 1. The number of nitrogens with zero attached hydrogens (tertiary/aromatic N) is 2. The van der Waals surface area contributed by atoms with Crippen LogP contribution in [0.25, 0.3) is 0 Å². The van der Waals surface area contributed by atoms with Crippen LogP contribution in [-0.2, 0) is 16.0 Å². The average molecular weight is 387 g/mol. The van der Waals surface area contributed by atoms with Crippen molar-refractivity contribution in [3.63, 3.8) is 0 Å². The van der Waals surface area contributed by atoms with Gasteiger partial charge in [0, 0.05) is 42.3 Å². The zero-order valence-corrected chi connectivity index (χ0v) is 15.1. The first-order valence-electron chi connectivity index (χ1n) is 7.98. The highest BCUT2D eigenvalue weighted by Crippen LogP contribution is 2.28. The summed E-state index contributed by atoms with van der Waals surface area (Å²) in [5.41, 5.74) is 3.01. The van der Waals surface area contributed by atoms with Crippen molar-refractivity contribution in [2.75, 3.05) is 22.9 Å². The van der Waals surface area contributed by atoms with Crippen LogP contribution in [-0.4, -0.2) is 24.9 Å². The Morgan fingerprint density at radius 2 is 1.96 bits per heavy atom. The number of amides is 2. The summed E-state index contributed by atoms with van der Waals surface area (Å²) in [5, 5.41) is 0. The molecule has 0 radical (unpaired) electrons. The third-order valence-electron chi connectivity index (χ3n) is 4.24. The van der Waals surface area contributed by atoms with Crippen molar-refractivity contribution < 1.29 is 9.59 Å². The zero-order valence-electron chi connectivity index (χ0n) is 13.5. The fourth-order valence-corrected chi connectivity index (χ4v) is 3.44. The number of rotatable bonds is 4. The van der Waals surface area contributed by atoms with E-state index in [1.807, 2.05) is 47.4 Å². The van der Waals surface area contributed by atoms with Gasteiger partial charge in [0.1, 0.15) is 0 Å². The lowest BCUT2D eigenvalue weighted by atomic mass is 10.2. The standard InChI is InChI=1S/C19H19BrN2O2/c1-14(23)21(17-7-4-6-16(20)13-17)12-10-19(24)22-11-9-15-5-2-3-8-18(15)22/h2-8,13H,9-12H2,1H3. The highest BCUT2D eigenvalue weighted by Gasteiger charge is 2.24. The molecule has 0 fully saturated rings. The molecule has 1 heterocycles. The molecule has 0 aliphatic carbocycles. The lowest BCUT2D eigenvalue weighted by Crippen LogP contribution is -2.35. The second kappa shape index (κ2) is 7.18. The van der Waals surface area contributed by atoms with Crippen LogP contribution in [0.15, 0.2) is 53.0 Å². The molecule has 0 saturated heterocycles. The van der Waals surface area contributed by atoms with Crippen molar-refractivity contribution in [3.8, 4) is 0 Å². The molecule has 0 unspecified atom stereocenters. The highest BCUT2D eigenvalue weighted by molar-refractivity contribution is 9.10. The lowest BCUT2D eigenvalue weighted by Gasteiger charge is -2.23. The number of hydrogen-bond acceptors (Lipinski definition) is 2. The third kappa shape index (κ3) is 3.51. The molecule has 1 aliphatic rings. The molecule has 0 atom stereocenters. The number of para-hydroxylation sites is 1. The molecule has 1 aliphatic heterocycles. The van der Waals surface area contributed by atoms with E-state index in [0.29, 0.717) is 13.0 Å². The predicted octanol–water partition coefficient (Wildman–Crippen LogP) is 3.78. The Morgan fingerprint density at radius 1 is 1.17 bits per heavy atom. The molecule has 2 amide bonds. The van der Waals surface area contributed by atoms with Gasteiger partial charge < -0.3 is 9.80 Å². The summed E-state index contributed by atoms with van der Waals surface area (Å²) in [6.45, 7) is 2.62. The van der Waals surface area contributed by atoms with Gasteiger partial charge in [0.25, 0.3) is 0 Å². The SMILES string of the molecule is CC(=O)N(CCC(=O)N1CCc2ccccc21)c1cccc(Br)c1. The van der Waals surface area contributed by atoms with Gasteiger partial charge in [-0.25, -0.2) is 0 Å². The number of carbonyl (C=O) groups excluding carboxylic acids is 2. The van der Waals surface area contributed by atoms with Crippen molar-refractivity contribution in [1.29, 1.82) is 0 Å². The van der Waals surface area contributed by atoms with Crippen LogP contribution in [0.3, 0.4) is 0 Å². The van der Waals surface area contributed by atoms with Gasteiger partial charge in [-0.15, -0.1) is 0 Å². The van der Waals surface area contributed by atoms with E-state index in [0.717, 1.165) is 28.8 Å². The molecule has 2 aromatic rings. The Bertz CT molecular complexity index is 775. The molecule has 2 aromatic carbocycles. The molecule has 0 saturated carbocycles. The fraction of sp³-hybridized carbons (Fsp3) is 0.263. The highest BCUT2D eigenvalue weighted by atomic mass is 79.9. The van der Waals surface area contributed by atoms with Crippen LogP contribution in [0.2, 0.25) is 0 Å². The van der Waals surface area contributed by atoms with E-state index >= 15 is 0 Å². The van der Waals surface area contributed by atoms with E-state index in [4.69, 9.17) is 0 Å². The normalized spacial score (nSPS) is 12.8. The van der Waals surface area contributed by atoms with Crippen LogP contribution >= 0.6 is 15.9 Å². The monoisotopic (exact) mass is 386 g/mol. The lowest BCUT2D eigenvalue weighted by molar-refractivity contribution is -0.118. The van der Waals surface area contributed by atoms with Crippen LogP contribution in [0, 0.1) is 0 Å². The van der Waals surface area contributed by atoms with E-state index in [1.165, 1.54) is 12.5 Å². The Balaban J connectivity index is 1.70. The molecule has 0 aromatic heterocycles. The van der Waals surface area contributed by atoms with Crippen molar-refractivity contribution in [1.82, 2.24) is 0 Å². The summed E-state index contributed by atoms with van der Waals surface area (Å²) in [7, 11) is 0. The fourth-order valence-electron chi connectivity index (χ4n) is 3.05. The largest absolute Gasteiger partial charge is 0.312 e. The maximum Gasteiger partial charge on any atom is 0.228 e. The second-order valence-electron chi connectivity index (χ2n) is 5.82. The van der Waals surface area contributed by atoms with Crippen molar-refractivity contribution >= 4 is 39.1 Å². The van der Waals surface area contributed by atoms with E-state index in [-0.39, 0.29) is 11.8 Å². The molecule has 0 spiro atoms. The summed E-state index contributed by atoms with van der Waals surface area (Å²) >= 11 is 3.42. The smallest absolute Gasteiger partial charge is 0.228 e. The Hall–Kier alpha value is -2.14. The molecule has 0 N–H and O–H groups in total. The van der Waals surface area contributed by atoms with Crippen molar-refractivity contribution in [2.45, 2.75) is 19.8 Å². The number of fused-ring (bicyclic) bond motifs is 1. The minimum Gasteiger partial charge on any atom is -0.312 e. The Labute approximate surface area is 150 Å². The summed E-state index contributed by atoms with van der Waals surface area (Å²) < 4.78 is 0.908. The molecule has 124 valence electrons. The van der Waals surface area contributed by atoms with Gasteiger partial charge in [-0.1, -0.05) is 40.2 Å². The number of anilines is 2. The summed E-state index contributed by atoms with van der Waals surface area (Å²) in [5.74, 6) is -0.0103. The first-order valence-corrected chi connectivity index (χ1v) is 8.77. The maximum absolute atomic E-state index is 12.6. The van der Waals surface area contributed by atoms with Gasteiger partial charge in [0.05, 0.1) is 0 Å². The van der Waals surface area contributed by atoms with Gasteiger partial charge >= 0.3 is 0 Å². The maximum atomic E-state index is 12.6. The van der Waals surface area contributed by atoms with E-state index in [2.05, 4.69) is 22.0 Å². The molecular weight excluding hydrogens is 368 g/mol. The van der Waals surface area contributed by atoms with E-state index < -0.39 is 0 Å². The van der Waals surface area contributed by atoms with Gasteiger partial charge in [-0.3, -0.25) is 9.59 Å². The zero-order chi connectivity index (χ0) is 17.1. The van der Waals surface area contributed by atoms with Crippen LogP contribution < -0.4 is 9.80 Å². The van der Waals surface area contributed by atoms with Gasteiger partial charge in [-0.2, -0.15) is 0 Å². The minimum atomic E-state index is -0.0669. The summed E-state index contributed by atoms with van der Waals surface area (Å²) in [6.07, 6.45) is 1.20. The Morgan fingerprint density at radius 3 is 2.71 bits per heavy atom. The number of carbonyl (C=O) groups is 2. The predicted molar refractivity (Wildman–Crippen MR) is 99.3 cm³/mol. The van der Waals surface area contributed by atoms with Gasteiger partial charge in [0.15, 0.2) is 0 Å². The van der Waals surface area contributed by atoms with Crippen LogP contribution in [0.1, 0.15) is 18.9 Å². The average Bonchev–Trinajstić information content (AvgIpc) is 2.99.